The highest BCUT2D eigenvalue weighted by Gasteiger charge is 2.21. The van der Waals surface area contributed by atoms with E-state index >= 15 is 0 Å². The van der Waals surface area contributed by atoms with Gasteiger partial charge in [0.15, 0.2) is 0 Å². The van der Waals surface area contributed by atoms with E-state index in [1.807, 2.05) is 0 Å². The molecule has 0 bridgehead atoms. The molecule has 1 saturated heterocycles. The molecule has 1 saturated carbocycles. The Morgan fingerprint density at radius 3 is 2.50 bits per heavy atom. The fraction of sp³-hybridized carbons (Fsp3) is 1.00. The largest absolute Gasteiger partial charge is 0.313 e. The van der Waals surface area contributed by atoms with Gasteiger partial charge in [-0.1, -0.05) is 19.8 Å². The highest BCUT2D eigenvalue weighted by atomic mass is 15.2. The molecule has 2 heteroatoms. The second-order valence-corrected chi connectivity index (χ2v) is 6.07. The molecule has 1 N–H and O–H groups in total. The monoisotopic (exact) mass is 224 g/mol. The van der Waals surface area contributed by atoms with Gasteiger partial charge in [0.2, 0.25) is 0 Å². The van der Waals surface area contributed by atoms with Gasteiger partial charge in [-0.25, -0.2) is 0 Å². The summed E-state index contributed by atoms with van der Waals surface area (Å²) in [5.41, 5.74) is 0. The molecule has 94 valence electrons. The van der Waals surface area contributed by atoms with Gasteiger partial charge in [0.1, 0.15) is 0 Å². The Balaban J connectivity index is 1.72. The number of nitrogens with zero attached hydrogens (tertiary/aromatic N) is 1. The Morgan fingerprint density at radius 1 is 1.00 bits per heavy atom. The maximum Gasteiger partial charge on any atom is 0.0107 e. The van der Waals surface area contributed by atoms with Crippen molar-refractivity contribution < 1.29 is 0 Å². The van der Waals surface area contributed by atoms with Crippen LogP contribution in [0.4, 0.5) is 0 Å². The molecule has 1 aliphatic heterocycles. The summed E-state index contributed by atoms with van der Waals surface area (Å²) in [4.78, 5) is 2.69. The third-order valence-electron chi connectivity index (χ3n) is 4.45. The Bertz CT molecular complexity index is 197. The molecule has 1 heterocycles. The first kappa shape index (κ1) is 12.4. The fourth-order valence-electron chi connectivity index (χ4n) is 3.12. The molecule has 0 aromatic carbocycles. The second-order valence-electron chi connectivity index (χ2n) is 6.07. The van der Waals surface area contributed by atoms with Gasteiger partial charge in [0, 0.05) is 25.7 Å². The molecule has 2 aliphatic rings. The molecule has 2 fully saturated rings. The van der Waals surface area contributed by atoms with Crippen LogP contribution in [-0.2, 0) is 0 Å². The molecule has 1 aliphatic carbocycles. The van der Waals surface area contributed by atoms with Crippen molar-refractivity contribution in [1.29, 1.82) is 0 Å². The highest BCUT2D eigenvalue weighted by molar-refractivity contribution is 4.77. The van der Waals surface area contributed by atoms with Crippen LogP contribution in [0.3, 0.4) is 0 Å². The minimum atomic E-state index is 0.719. The number of nitrogens with one attached hydrogen (secondary N) is 1. The minimum absolute atomic E-state index is 0.719. The first-order valence-electron chi connectivity index (χ1n) is 7.20. The molecular formula is C14H28N2. The van der Waals surface area contributed by atoms with E-state index in [1.54, 1.807) is 0 Å². The van der Waals surface area contributed by atoms with Crippen molar-refractivity contribution in [2.45, 2.75) is 52.0 Å². The van der Waals surface area contributed by atoms with Gasteiger partial charge in [-0.3, -0.25) is 0 Å². The quantitative estimate of drug-likeness (QED) is 0.775. The van der Waals surface area contributed by atoms with Crippen LogP contribution in [0.1, 0.15) is 46.0 Å². The molecule has 0 aromatic heterocycles. The van der Waals surface area contributed by atoms with Crippen LogP contribution in [0.25, 0.3) is 0 Å². The van der Waals surface area contributed by atoms with Gasteiger partial charge in [-0.2, -0.15) is 0 Å². The molecule has 16 heavy (non-hydrogen) atoms. The molecule has 1 unspecified atom stereocenters. The Labute approximate surface area is 101 Å². The maximum absolute atomic E-state index is 3.58. The van der Waals surface area contributed by atoms with Gasteiger partial charge >= 0.3 is 0 Å². The van der Waals surface area contributed by atoms with Crippen molar-refractivity contribution >= 4 is 0 Å². The molecular weight excluding hydrogens is 196 g/mol. The summed E-state index contributed by atoms with van der Waals surface area (Å²) in [7, 11) is 0. The number of hydrogen-bond acceptors (Lipinski definition) is 2. The van der Waals surface area contributed by atoms with Crippen molar-refractivity contribution in [3.05, 3.63) is 0 Å². The van der Waals surface area contributed by atoms with Crippen LogP contribution in [0.5, 0.6) is 0 Å². The normalized spacial score (nSPS) is 38.2. The molecule has 1 atom stereocenters. The molecule has 2 rings (SSSR count). The van der Waals surface area contributed by atoms with Crippen LogP contribution >= 0.6 is 0 Å². The van der Waals surface area contributed by atoms with Gasteiger partial charge < -0.3 is 10.2 Å². The lowest BCUT2D eigenvalue weighted by atomic mass is 9.83. The predicted molar refractivity (Wildman–Crippen MR) is 69.6 cm³/mol. The highest BCUT2D eigenvalue weighted by Crippen LogP contribution is 2.28. The summed E-state index contributed by atoms with van der Waals surface area (Å²) in [6.07, 6.45) is 7.20. The van der Waals surface area contributed by atoms with Gasteiger partial charge in [0.05, 0.1) is 0 Å². The lowest BCUT2D eigenvalue weighted by molar-refractivity contribution is 0.191. The van der Waals surface area contributed by atoms with E-state index < -0.39 is 0 Å². The van der Waals surface area contributed by atoms with E-state index in [0.29, 0.717) is 0 Å². The SMILES string of the molecule is CC1CCC(CN2CCNC(C)CC2)CC1. The van der Waals surface area contributed by atoms with E-state index in [9.17, 15) is 0 Å². The van der Waals surface area contributed by atoms with Crippen molar-refractivity contribution in [2.75, 3.05) is 26.2 Å². The average molecular weight is 224 g/mol. The van der Waals surface area contributed by atoms with Crippen molar-refractivity contribution in [3.8, 4) is 0 Å². The van der Waals surface area contributed by atoms with E-state index in [1.165, 1.54) is 58.3 Å². The molecule has 0 amide bonds. The Kier molecular flexibility index (Phi) is 4.66. The van der Waals surface area contributed by atoms with Gasteiger partial charge in [-0.05, 0) is 44.6 Å². The predicted octanol–water partition coefficient (Wildman–Crippen LogP) is 2.50. The lowest BCUT2D eigenvalue weighted by Crippen LogP contribution is -2.34. The lowest BCUT2D eigenvalue weighted by Gasteiger charge is -2.31. The molecule has 0 aromatic rings. The van der Waals surface area contributed by atoms with Crippen molar-refractivity contribution in [1.82, 2.24) is 10.2 Å². The van der Waals surface area contributed by atoms with Gasteiger partial charge in [0.25, 0.3) is 0 Å². The molecule has 2 nitrogen and oxygen atoms in total. The smallest absolute Gasteiger partial charge is 0.0107 e. The van der Waals surface area contributed by atoms with Crippen LogP contribution in [-0.4, -0.2) is 37.1 Å². The van der Waals surface area contributed by atoms with Crippen LogP contribution in [0.2, 0.25) is 0 Å². The van der Waals surface area contributed by atoms with Gasteiger partial charge in [-0.15, -0.1) is 0 Å². The summed E-state index contributed by atoms with van der Waals surface area (Å²) < 4.78 is 0. The summed E-state index contributed by atoms with van der Waals surface area (Å²) >= 11 is 0. The van der Waals surface area contributed by atoms with Crippen LogP contribution < -0.4 is 5.32 Å². The van der Waals surface area contributed by atoms with Crippen LogP contribution in [0.15, 0.2) is 0 Å². The number of hydrogen-bond donors (Lipinski definition) is 1. The topological polar surface area (TPSA) is 15.3 Å². The van der Waals surface area contributed by atoms with E-state index in [4.69, 9.17) is 0 Å². The summed E-state index contributed by atoms with van der Waals surface area (Å²) in [6.45, 7) is 9.83. The average Bonchev–Trinajstić information content (AvgIpc) is 2.47. The zero-order chi connectivity index (χ0) is 11.4. The van der Waals surface area contributed by atoms with E-state index in [-0.39, 0.29) is 0 Å². The van der Waals surface area contributed by atoms with Crippen molar-refractivity contribution in [3.63, 3.8) is 0 Å². The zero-order valence-corrected chi connectivity index (χ0v) is 11.0. The van der Waals surface area contributed by atoms with Crippen LogP contribution in [0, 0.1) is 11.8 Å². The minimum Gasteiger partial charge on any atom is -0.313 e. The maximum atomic E-state index is 3.58. The standard InChI is InChI=1S/C14H28N2/c1-12-3-5-14(6-4-12)11-16-9-7-13(2)15-8-10-16/h12-15H,3-11H2,1-2H3. The summed E-state index contributed by atoms with van der Waals surface area (Å²) in [5, 5.41) is 3.58. The first-order valence-corrected chi connectivity index (χ1v) is 7.20. The zero-order valence-electron chi connectivity index (χ0n) is 11.0. The molecule has 0 radical (unpaired) electrons. The molecule has 0 spiro atoms. The fourth-order valence-corrected chi connectivity index (χ4v) is 3.12. The third-order valence-corrected chi connectivity index (χ3v) is 4.45. The summed E-state index contributed by atoms with van der Waals surface area (Å²) in [5.74, 6) is 1.98. The first-order chi connectivity index (χ1) is 7.74. The van der Waals surface area contributed by atoms with E-state index in [2.05, 4.69) is 24.1 Å². The Morgan fingerprint density at radius 2 is 1.75 bits per heavy atom. The second kappa shape index (κ2) is 6.02. The third kappa shape index (κ3) is 3.74. The van der Waals surface area contributed by atoms with Crippen molar-refractivity contribution in [2.24, 2.45) is 11.8 Å². The summed E-state index contributed by atoms with van der Waals surface area (Å²) in [6, 6.07) is 0.719. The number of rotatable bonds is 2. The van der Waals surface area contributed by atoms with E-state index in [0.717, 1.165) is 17.9 Å². The Hall–Kier alpha value is -0.0800.